The molecule has 1 saturated heterocycles. The second kappa shape index (κ2) is 8.52. The molecule has 6 nitrogen and oxygen atoms in total. The highest BCUT2D eigenvalue weighted by Gasteiger charge is 2.22. The molecule has 2 aromatic heterocycles. The van der Waals surface area contributed by atoms with Gasteiger partial charge in [0.15, 0.2) is 5.82 Å². The first kappa shape index (κ1) is 20.9. The van der Waals surface area contributed by atoms with Crippen molar-refractivity contribution < 1.29 is 4.79 Å². The lowest BCUT2D eigenvalue weighted by Crippen LogP contribution is -2.38. The van der Waals surface area contributed by atoms with Crippen LogP contribution in [0.1, 0.15) is 12.0 Å². The molecular weight excluding hydrogens is 445 g/mol. The normalized spacial score (nSPS) is 14.7. The molecule has 0 saturated carbocycles. The van der Waals surface area contributed by atoms with Crippen LogP contribution in [0.5, 0.6) is 0 Å². The lowest BCUT2D eigenvalue weighted by atomic mass is 10.2. The van der Waals surface area contributed by atoms with Crippen molar-refractivity contribution in [3.05, 3.63) is 70.3 Å². The molecule has 0 atom stereocenters. The number of amides is 2. The summed E-state index contributed by atoms with van der Waals surface area (Å²) in [6.07, 6.45) is 2.89. The van der Waals surface area contributed by atoms with Crippen LogP contribution < -0.4 is 10.2 Å². The Morgan fingerprint density at radius 1 is 0.969 bits per heavy atom. The fourth-order valence-corrected chi connectivity index (χ4v) is 4.56. The van der Waals surface area contributed by atoms with Crippen LogP contribution in [0, 0.1) is 6.92 Å². The van der Waals surface area contributed by atoms with E-state index in [4.69, 9.17) is 28.2 Å². The second-order valence-corrected chi connectivity index (χ2v) is 8.92. The third-order valence-corrected chi connectivity index (χ3v) is 6.40. The van der Waals surface area contributed by atoms with Gasteiger partial charge in [-0.05, 0) is 61.4 Å². The van der Waals surface area contributed by atoms with Gasteiger partial charge in [0.25, 0.3) is 0 Å². The summed E-state index contributed by atoms with van der Waals surface area (Å²) in [5.74, 6) is 0.915. The zero-order valence-corrected chi connectivity index (χ0v) is 19.2. The number of hydrogen-bond donors (Lipinski definition) is 1. The minimum Gasteiger partial charge on any atom is -0.353 e. The SMILES string of the molecule is Cc1ccc(Cl)cc1NC(=O)N1CCCN(c2nc3cc(Cl)ccc3n3cccc23)CC1. The maximum absolute atomic E-state index is 12.9. The van der Waals surface area contributed by atoms with Crippen molar-refractivity contribution in [3.8, 4) is 0 Å². The molecule has 2 amide bonds. The lowest BCUT2D eigenvalue weighted by Gasteiger charge is -2.24. The standard InChI is InChI=1S/C24H23Cl2N5O/c1-16-5-6-17(25)14-19(16)28-24(32)30-10-3-9-29(12-13-30)23-22-4-2-11-31(22)21-8-7-18(26)15-20(21)27-23/h2,4-8,11,14-15H,3,9-10,12-13H2,1H3,(H,28,32). The largest absolute Gasteiger partial charge is 0.353 e. The number of carbonyl (C=O) groups excluding carboxylic acids is 1. The van der Waals surface area contributed by atoms with E-state index < -0.39 is 0 Å². The fourth-order valence-electron chi connectivity index (χ4n) is 4.22. The number of fused-ring (bicyclic) bond motifs is 3. The van der Waals surface area contributed by atoms with E-state index in [2.05, 4.69) is 20.7 Å². The third-order valence-electron chi connectivity index (χ3n) is 5.93. The van der Waals surface area contributed by atoms with E-state index in [1.165, 1.54) is 0 Å². The van der Waals surface area contributed by atoms with Gasteiger partial charge in [0, 0.05) is 48.1 Å². The minimum atomic E-state index is -0.108. The molecule has 5 rings (SSSR count). The van der Waals surface area contributed by atoms with Crippen molar-refractivity contribution in [1.29, 1.82) is 0 Å². The van der Waals surface area contributed by atoms with Gasteiger partial charge in [-0.25, -0.2) is 9.78 Å². The maximum atomic E-state index is 12.9. The molecule has 4 aromatic rings. The zero-order chi connectivity index (χ0) is 22.2. The summed E-state index contributed by atoms with van der Waals surface area (Å²) in [5, 5.41) is 4.28. The molecule has 1 aliphatic heterocycles. The molecule has 1 fully saturated rings. The van der Waals surface area contributed by atoms with Crippen molar-refractivity contribution >= 4 is 57.3 Å². The molecule has 0 unspecified atom stereocenters. The Balaban J connectivity index is 1.38. The number of rotatable bonds is 2. The van der Waals surface area contributed by atoms with Crippen molar-refractivity contribution in [1.82, 2.24) is 14.3 Å². The number of hydrogen-bond acceptors (Lipinski definition) is 3. The fraction of sp³-hybridized carbons (Fsp3) is 0.250. The number of aryl methyl sites for hydroxylation is 1. The minimum absolute atomic E-state index is 0.108. The number of urea groups is 1. The molecule has 8 heteroatoms. The quantitative estimate of drug-likeness (QED) is 0.402. The van der Waals surface area contributed by atoms with E-state index >= 15 is 0 Å². The molecule has 0 bridgehead atoms. The topological polar surface area (TPSA) is 52.9 Å². The number of nitrogens with one attached hydrogen (secondary N) is 1. The van der Waals surface area contributed by atoms with Gasteiger partial charge >= 0.3 is 6.03 Å². The Labute approximate surface area is 196 Å². The molecule has 164 valence electrons. The predicted octanol–water partition coefficient (Wildman–Crippen LogP) is 5.85. The molecule has 2 aromatic carbocycles. The van der Waals surface area contributed by atoms with Crippen molar-refractivity contribution in [2.24, 2.45) is 0 Å². The van der Waals surface area contributed by atoms with E-state index in [1.807, 2.05) is 54.4 Å². The van der Waals surface area contributed by atoms with Crippen molar-refractivity contribution in [3.63, 3.8) is 0 Å². The molecule has 1 aliphatic rings. The maximum Gasteiger partial charge on any atom is 0.321 e. The van der Waals surface area contributed by atoms with Gasteiger partial charge in [0.1, 0.15) is 0 Å². The molecule has 0 spiro atoms. The van der Waals surface area contributed by atoms with Crippen LogP contribution in [-0.4, -0.2) is 46.5 Å². The summed E-state index contributed by atoms with van der Waals surface area (Å²) >= 11 is 12.3. The van der Waals surface area contributed by atoms with E-state index in [1.54, 1.807) is 6.07 Å². The first-order valence-electron chi connectivity index (χ1n) is 10.6. The second-order valence-electron chi connectivity index (χ2n) is 8.05. The van der Waals surface area contributed by atoms with Crippen LogP contribution in [0.4, 0.5) is 16.3 Å². The number of aromatic nitrogens is 2. The van der Waals surface area contributed by atoms with Gasteiger partial charge in [-0.3, -0.25) is 0 Å². The van der Waals surface area contributed by atoms with Crippen LogP contribution >= 0.6 is 23.2 Å². The van der Waals surface area contributed by atoms with Gasteiger partial charge < -0.3 is 19.5 Å². The molecule has 0 aliphatic carbocycles. The molecule has 32 heavy (non-hydrogen) atoms. The van der Waals surface area contributed by atoms with E-state index in [-0.39, 0.29) is 6.03 Å². The van der Waals surface area contributed by atoms with Crippen molar-refractivity contribution in [2.75, 3.05) is 36.4 Å². The van der Waals surface area contributed by atoms with Gasteiger partial charge in [-0.1, -0.05) is 29.3 Å². The Kier molecular flexibility index (Phi) is 5.57. The third kappa shape index (κ3) is 3.96. The highest BCUT2D eigenvalue weighted by molar-refractivity contribution is 6.31. The first-order valence-corrected chi connectivity index (χ1v) is 11.4. The summed E-state index contributed by atoms with van der Waals surface area (Å²) in [6.45, 7) is 4.75. The summed E-state index contributed by atoms with van der Waals surface area (Å²) in [6, 6.07) is 15.3. The molecule has 3 heterocycles. The van der Waals surface area contributed by atoms with Crippen LogP contribution in [0.15, 0.2) is 54.7 Å². The highest BCUT2D eigenvalue weighted by Crippen LogP contribution is 2.28. The van der Waals surface area contributed by atoms with Crippen LogP contribution in [0.2, 0.25) is 10.0 Å². The van der Waals surface area contributed by atoms with E-state index in [9.17, 15) is 4.79 Å². The Bertz CT molecular complexity index is 1320. The highest BCUT2D eigenvalue weighted by atomic mass is 35.5. The Morgan fingerprint density at radius 2 is 1.78 bits per heavy atom. The summed E-state index contributed by atoms with van der Waals surface area (Å²) in [5.41, 5.74) is 4.64. The number of anilines is 2. The number of benzene rings is 2. The van der Waals surface area contributed by atoms with Crippen molar-refractivity contribution in [2.45, 2.75) is 13.3 Å². The molecule has 1 N–H and O–H groups in total. The summed E-state index contributed by atoms with van der Waals surface area (Å²) < 4.78 is 2.14. The molecule has 0 radical (unpaired) electrons. The average Bonchev–Trinajstić information content (AvgIpc) is 3.13. The van der Waals surface area contributed by atoms with Gasteiger partial charge in [-0.2, -0.15) is 0 Å². The van der Waals surface area contributed by atoms with Gasteiger partial charge in [0.2, 0.25) is 0 Å². The predicted molar refractivity (Wildman–Crippen MR) is 131 cm³/mol. The first-order chi connectivity index (χ1) is 15.5. The molecular formula is C24H23Cl2N5O. The summed E-state index contributed by atoms with van der Waals surface area (Å²) in [7, 11) is 0. The van der Waals surface area contributed by atoms with Crippen LogP contribution in [0.3, 0.4) is 0 Å². The van der Waals surface area contributed by atoms with Crippen LogP contribution in [-0.2, 0) is 0 Å². The van der Waals surface area contributed by atoms with E-state index in [0.717, 1.165) is 46.6 Å². The average molecular weight is 468 g/mol. The number of halogens is 2. The van der Waals surface area contributed by atoms with E-state index in [0.29, 0.717) is 29.7 Å². The summed E-state index contributed by atoms with van der Waals surface area (Å²) in [4.78, 5) is 22.0. The monoisotopic (exact) mass is 467 g/mol. The zero-order valence-electron chi connectivity index (χ0n) is 17.7. The Morgan fingerprint density at radius 3 is 2.66 bits per heavy atom. The Hall–Kier alpha value is -2.96. The lowest BCUT2D eigenvalue weighted by molar-refractivity contribution is 0.215. The smallest absolute Gasteiger partial charge is 0.321 e. The van der Waals surface area contributed by atoms with Gasteiger partial charge in [-0.15, -0.1) is 0 Å². The number of carbonyl (C=O) groups is 1. The number of nitrogens with zero attached hydrogens (tertiary/aromatic N) is 4. The van der Waals surface area contributed by atoms with Gasteiger partial charge in [0.05, 0.1) is 16.6 Å². The van der Waals surface area contributed by atoms with Crippen LogP contribution in [0.25, 0.3) is 16.6 Å².